The molecule has 0 radical (unpaired) electrons. The molecule has 0 amide bonds. The van der Waals surface area contributed by atoms with Gasteiger partial charge in [0.25, 0.3) is 0 Å². The molecule has 0 aromatic heterocycles. The minimum absolute atomic E-state index is 0.0332. The van der Waals surface area contributed by atoms with Crippen molar-refractivity contribution in [3.8, 4) is 11.5 Å². The maximum atomic E-state index is 13.0. The molecule has 12 nitrogen and oxygen atoms in total. The Morgan fingerprint density at radius 2 is 0.865 bits per heavy atom. The second kappa shape index (κ2) is 29.2. The number of methoxy groups -OCH3 is 4. The quantitative estimate of drug-likeness (QED) is 0.0785. The number of hydrogen-bond donors (Lipinski definition) is 0. The molecular weight excluding hydrogens is 672 g/mol. The van der Waals surface area contributed by atoms with E-state index in [9.17, 15) is 28.8 Å². The zero-order valence-corrected chi connectivity index (χ0v) is 32.1. The molecule has 1 aromatic rings. The molecule has 2 atom stereocenters. The van der Waals surface area contributed by atoms with Crippen LogP contribution >= 0.6 is 0 Å². The summed E-state index contributed by atoms with van der Waals surface area (Å²) in [7, 11) is 6.28. The average Bonchev–Trinajstić information content (AvgIpc) is 3.13. The fourth-order valence-electron chi connectivity index (χ4n) is 5.69. The van der Waals surface area contributed by atoms with E-state index in [0.29, 0.717) is 95.7 Å². The van der Waals surface area contributed by atoms with Crippen LogP contribution in [0.3, 0.4) is 0 Å². The van der Waals surface area contributed by atoms with Crippen molar-refractivity contribution in [2.75, 3.05) is 68.1 Å². The Kier molecular flexibility index (Phi) is 26.2. The van der Waals surface area contributed by atoms with Gasteiger partial charge >= 0.3 is 0 Å². The molecule has 12 heteroatoms. The van der Waals surface area contributed by atoms with Crippen molar-refractivity contribution in [2.45, 2.75) is 103 Å². The van der Waals surface area contributed by atoms with Crippen molar-refractivity contribution >= 4 is 34.7 Å². The van der Waals surface area contributed by atoms with Crippen LogP contribution in [0.2, 0.25) is 0 Å². The number of ketones is 6. The summed E-state index contributed by atoms with van der Waals surface area (Å²) in [5, 5.41) is 0. The van der Waals surface area contributed by atoms with Crippen molar-refractivity contribution in [3.05, 3.63) is 23.8 Å². The van der Waals surface area contributed by atoms with Gasteiger partial charge in [-0.1, -0.05) is 6.92 Å². The Hall–Kier alpha value is -3.32. The molecule has 0 aliphatic carbocycles. The summed E-state index contributed by atoms with van der Waals surface area (Å²) in [4.78, 5) is 76.7. The summed E-state index contributed by atoms with van der Waals surface area (Å²) >= 11 is 0. The topological polar surface area (TPSA) is 158 Å². The molecule has 0 bridgehead atoms. The van der Waals surface area contributed by atoms with Crippen molar-refractivity contribution in [3.63, 3.8) is 0 Å². The highest BCUT2D eigenvalue weighted by Gasteiger charge is 2.24. The third kappa shape index (κ3) is 21.9. The normalized spacial score (nSPS) is 12.2. The second-order valence-electron chi connectivity index (χ2n) is 13.1. The predicted octanol–water partition coefficient (Wildman–Crippen LogP) is 5.70. The highest BCUT2D eigenvalue weighted by Crippen LogP contribution is 2.25. The molecular formula is C40H62O12. The zero-order chi connectivity index (χ0) is 38.6. The molecule has 294 valence electrons. The van der Waals surface area contributed by atoms with Crippen LogP contribution in [-0.4, -0.2) is 103 Å². The van der Waals surface area contributed by atoms with Crippen LogP contribution in [0.4, 0.5) is 0 Å². The van der Waals surface area contributed by atoms with Gasteiger partial charge in [-0.05, 0) is 62.6 Å². The van der Waals surface area contributed by atoms with E-state index in [1.807, 2.05) is 6.92 Å². The third-order valence-corrected chi connectivity index (χ3v) is 8.70. The monoisotopic (exact) mass is 734 g/mol. The van der Waals surface area contributed by atoms with E-state index in [-0.39, 0.29) is 86.4 Å². The molecule has 0 aliphatic rings. The van der Waals surface area contributed by atoms with Crippen LogP contribution in [0.5, 0.6) is 11.5 Å². The summed E-state index contributed by atoms with van der Waals surface area (Å²) in [5.74, 6) is -1.03. The van der Waals surface area contributed by atoms with E-state index in [0.717, 1.165) is 5.56 Å². The van der Waals surface area contributed by atoms with Gasteiger partial charge in [-0.2, -0.15) is 0 Å². The van der Waals surface area contributed by atoms with Gasteiger partial charge in [-0.25, -0.2) is 0 Å². The molecule has 0 aliphatic heterocycles. The van der Waals surface area contributed by atoms with E-state index in [1.54, 1.807) is 46.6 Å². The van der Waals surface area contributed by atoms with Gasteiger partial charge in [0.15, 0.2) is 11.6 Å². The fourth-order valence-corrected chi connectivity index (χ4v) is 5.69. The number of carbonyl (C=O) groups is 6. The zero-order valence-electron chi connectivity index (χ0n) is 32.1. The Morgan fingerprint density at radius 1 is 0.500 bits per heavy atom. The smallest absolute Gasteiger partial charge is 0.170 e. The Morgan fingerprint density at radius 3 is 1.21 bits per heavy atom. The van der Waals surface area contributed by atoms with E-state index in [1.165, 1.54) is 0 Å². The molecule has 0 heterocycles. The number of Topliss-reactive ketones (excluding diaryl/α,β-unsaturated/α-hetero) is 6. The van der Waals surface area contributed by atoms with Crippen LogP contribution < -0.4 is 9.47 Å². The molecule has 0 spiro atoms. The largest absolute Gasteiger partial charge is 0.486 e. The summed E-state index contributed by atoms with van der Waals surface area (Å²) in [6, 6.07) is 5.16. The first-order chi connectivity index (χ1) is 25.1. The number of benzene rings is 1. The molecule has 0 saturated carbocycles. The first kappa shape index (κ1) is 46.7. The Balaban J connectivity index is 2.85. The van der Waals surface area contributed by atoms with E-state index >= 15 is 0 Å². The Labute approximate surface area is 309 Å². The number of aryl methyl sites for hydroxylation is 1. The van der Waals surface area contributed by atoms with Gasteiger partial charge in [0.1, 0.15) is 47.8 Å². The summed E-state index contributed by atoms with van der Waals surface area (Å²) in [6.07, 6.45) is 5.14. The minimum atomic E-state index is -0.587. The lowest BCUT2D eigenvalue weighted by Gasteiger charge is -2.16. The summed E-state index contributed by atoms with van der Waals surface area (Å²) < 4.78 is 31.8. The summed E-state index contributed by atoms with van der Waals surface area (Å²) in [6.45, 7) is 3.24. The van der Waals surface area contributed by atoms with Gasteiger partial charge in [0.2, 0.25) is 0 Å². The molecule has 52 heavy (non-hydrogen) atoms. The van der Waals surface area contributed by atoms with Gasteiger partial charge in [0.05, 0.1) is 0 Å². The van der Waals surface area contributed by atoms with Crippen LogP contribution in [-0.2, 0) is 54.1 Å². The Bertz CT molecular complexity index is 1140. The van der Waals surface area contributed by atoms with E-state index in [2.05, 4.69) is 0 Å². The van der Waals surface area contributed by atoms with Crippen LogP contribution in [0, 0.1) is 11.8 Å². The van der Waals surface area contributed by atoms with Gasteiger partial charge in [-0.15, -0.1) is 0 Å². The maximum Gasteiger partial charge on any atom is 0.170 e. The predicted molar refractivity (Wildman–Crippen MR) is 196 cm³/mol. The number of rotatable bonds is 35. The van der Waals surface area contributed by atoms with Gasteiger partial charge < -0.3 is 28.4 Å². The average molecular weight is 735 g/mol. The van der Waals surface area contributed by atoms with Gasteiger partial charge in [-0.3, -0.25) is 28.8 Å². The number of ether oxygens (including phenoxy) is 6. The standard InChI is InChI=1S/C40H62O12/c1-6-30-23-37(51-28-35(43)25-31(39(45)13-9-21-49-4)15-17-33(41)11-7-19-47-2)27-38(24-30)52-29-36(44)26-32(40(46)14-10-22-50-5)16-18-34(42)12-8-20-48-3/h23-24,27,31-32H,6-22,25-26,28-29H2,1-5H3. The number of hydrogen-bond acceptors (Lipinski definition) is 12. The molecule has 0 N–H and O–H groups in total. The van der Waals surface area contributed by atoms with Gasteiger partial charge in [0, 0.05) is 124 Å². The number of carbonyl (C=O) groups excluding carboxylic acids is 6. The molecule has 0 saturated heterocycles. The van der Waals surface area contributed by atoms with Crippen molar-refractivity contribution in [1.82, 2.24) is 0 Å². The van der Waals surface area contributed by atoms with Crippen molar-refractivity contribution < 1.29 is 57.2 Å². The fraction of sp³-hybridized carbons (Fsp3) is 0.700. The summed E-state index contributed by atoms with van der Waals surface area (Å²) in [5.41, 5.74) is 0.865. The molecule has 1 rings (SSSR count). The van der Waals surface area contributed by atoms with Crippen LogP contribution in [0.15, 0.2) is 18.2 Å². The molecule has 1 aromatic carbocycles. The van der Waals surface area contributed by atoms with Crippen molar-refractivity contribution in [1.29, 1.82) is 0 Å². The SMILES string of the molecule is CCc1cc(OCC(=O)CC(CCC(=O)CCCOC)C(=O)CCCOC)cc(OCC(=O)CC(CCC(=O)CCCOC)C(=O)CCCOC)c1. The molecule has 0 fully saturated rings. The van der Waals surface area contributed by atoms with E-state index in [4.69, 9.17) is 28.4 Å². The minimum Gasteiger partial charge on any atom is -0.486 e. The lowest BCUT2D eigenvalue weighted by molar-refractivity contribution is -0.130. The third-order valence-electron chi connectivity index (χ3n) is 8.70. The van der Waals surface area contributed by atoms with Crippen molar-refractivity contribution in [2.24, 2.45) is 11.8 Å². The second-order valence-corrected chi connectivity index (χ2v) is 13.1. The first-order valence-corrected chi connectivity index (χ1v) is 18.5. The molecule has 2 unspecified atom stereocenters. The lowest BCUT2D eigenvalue weighted by atomic mass is 9.89. The highest BCUT2D eigenvalue weighted by molar-refractivity contribution is 5.90. The van der Waals surface area contributed by atoms with E-state index < -0.39 is 11.8 Å². The first-order valence-electron chi connectivity index (χ1n) is 18.5. The van der Waals surface area contributed by atoms with Crippen LogP contribution in [0.25, 0.3) is 0 Å². The maximum absolute atomic E-state index is 13.0. The highest BCUT2D eigenvalue weighted by atomic mass is 16.5. The lowest BCUT2D eigenvalue weighted by Crippen LogP contribution is -2.23. The van der Waals surface area contributed by atoms with Crippen LogP contribution in [0.1, 0.15) is 102 Å².